The maximum Gasteiger partial charge on any atom is 0.104 e. The van der Waals surface area contributed by atoms with Gasteiger partial charge in [-0.25, -0.2) is 0 Å². The van der Waals surface area contributed by atoms with Gasteiger partial charge in [-0.05, 0) is 19.3 Å². The molecule has 0 aromatic rings. The van der Waals surface area contributed by atoms with E-state index in [0.29, 0.717) is 17.6 Å². The molecule has 1 saturated carbocycles. The van der Waals surface area contributed by atoms with Gasteiger partial charge in [0.1, 0.15) is 11.7 Å². The van der Waals surface area contributed by atoms with E-state index in [0.717, 1.165) is 32.2 Å². The van der Waals surface area contributed by atoms with E-state index in [4.69, 9.17) is 10.8 Å². The van der Waals surface area contributed by atoms with Crippen LogP contribution in [0.2, 0.25) is 0 Å². The van der Waals surface area contributed by atoms with Crippen molar-refractivity contribution in [2.24, 2.45) is 5.92 Å². The van der Waals surface area contributed by atoms with Crippen LogP contribution in [0.25, 0.3) is 0 Å². The largest absolute Gasteiger partial charge is 0.319 e. The second kappa shape index (κ2) is 6.66. The molecule has 1 aliphatic carbocycles. The number of nitrogens with one attached hydrogen (secondary N) is 2. The van der Waals surface area contributed by atoms with E-state index in [1.54, 1.807) is 0 Å². The lowest BCUT2D eigenvalue weighted by Gasteiger charge is -2.31. The molecular formula is C13H25N3. The highest BCUT2D eigenvalue weighted by Gasteiger charge is 2.23. The number of rotatable bonds is 4. The third-order valence-electron chi connectivity index (χ3n) is 3.39. The summed E-state index contributed by atoms with van der Waals surface area (Å²) in [5.41, 5.74) is 0. The molecule has 0 atom stereocenters. The van der Waals surface area contributed by atoms with Crippen molar-refractivity contribution < 1.29 is 0 Å². The van der Waals surface area contributed by atoms with Crippen LogP contribution in [0.15, 0.2) is 0 Å². The summed E-state index contributed by atoms with van der Waals surface area (Å²) < 4.78 is 0. The number of hydrogen-bond donors (Lipinski definition) is 2. The molecule has 16 heavy (non-hydrogen) atoms. The first kappa shape index (κ1) is 13.2. The van der Waals surface area contributed by atoms with Crippen molar-refractivity contribution in [1.82, 2.24) is 4.90 Å². The minimum Gasteiger partial charge on any atom is -0.319 e. The van der Waals surface area contributed by atoms with Crippen molar-refractivity contribution in [3.05, 3.63) is 0 Å². The molecule has 0 bridgehead atoms. The second-order valence-corrected chi connectivity index (χ2v) is 4.67. The van der Waals surface area contributed by atoms with Crippen LogP contribution in [0.4, 0.5) is 0 Å². The fourth-order valence-electron chi connectivity index (χ4n) is 2.41. The maximum absolute atomic E-state index is 8.26. The molecule has 1 fully saturated rings. The first-order valence-corrected chi connectivity index (χ1v) is 6.64. The molecule has 0 aliphatic heterocycles. The molecule has 0 unspecified atom stereocenters. The van der Waals surface area contributed by atoms with Gasteiger partial charge in [0.15, 0.2) is 0 Å². The summed E-state index contributed by atoms with van der Waals surface area (Å²) in [6.07, 6.45) is 7.88. The van der Waals surface area contributed by atoms with Gasteiger partial charge in [0.2, 0.25) is 0 Å². The lowest BCUT2D eigenvalue weighted by Crippen LogP contribution is -2.40. The average Bonchev–Trinajstić information content (AvgIpc) is 2.35. The molecule has 3 nitrogen and oxygen atoms in total. The Hall–Kier alpha value is -0.860. The first-order valence-electron chi connectivity index (χ1n) is 6.64. The minimum absolute atomic E-state index is 0.409. The summed E-state index contributed by atoms with van der Waals surface area (Å²) in [5, 5.41) is 16.2. The van der Waals surface area contributed by atoms with Crippen LogP contribution in [0.1, 0.15) is 58.8 Å². The van der Waals surface area contributed by atoms with E-state index in [-0.39, 0.29) is 0 Å². The van der Waals surface area contributed by atoms with Gasteiger partial charge in [-0.2, -0.15) is 0 Å². The highest BCUT2D eigenvalue weighted by molar-refractivity contribution is 5.98. The zero-order chi connectivity index (χ0) is 12.0. The molecule has 0 aromatic heterocycles. The standard InChI is InChI=1S/C13H25N3/c1-3-10-16(12(14)4-2)13(15)11-8-6-5-7-9-11/h11,14-15H,3-10H2,1-2H3. The Labute approximate surface area is 99.2 Å². The molecule has 0 radical (unpaired) electrons. The van der Waals surface area contributed by atoms with Gasteiger partial charge in [-0.3, -0.25) is 10.8 Å². The van der Waals surface area contributed by atoms with Gasteiger partial charge >= 0.3 is 0 Å². The monoisotopic (exact) mass is 223 g/mol. The van der Waals surface area contributed by atoms with Crippen molar-refractivity contribution in [2.75, 3.05) is 6.54 Å². The summed E-state index contributed by atoms with van der Waals surface area (Å²) in [6, 6.07) is 0. The van der Waals surface area contributed by atoms with Crippen LogP contribution < -0.4 is 0 Å². The summed E-state index contributed by atoms with van der Waals surface area (Å²) >= 11 is 0. The normalized spacial score (nSPS) is 17.1. The maximum atomic E-state index is 8.26. The zero-order valence-corrected chi connectivity index (χ0v) is 10.7. The molecule has 2 N–H and O–H groups in total. The minimum atomic E-state index is 0.409. The van der Waals surface area contributed by atoms with E-state index in [1.165, 1.54) is 19.3 Å². The van der Waals surface area contributed by atoms with Crippen LogP contribution in [-0.2, 0) is 0 Å². The Kier molecular flexibility index (Phi) is 5.50. The Morgan fingerprint density at radius 3 is 2.25 bits per heavy atom. The van der Waals surface area contributed by atoms with Crippen molar-refractivity contribution >= 4 is 11.7 Å². The molecular weight excluding hydrogens is 198 g/mol. The highest BCUT2D eigenvalue weighted by atomic mass is 15.2. The van der Waals surface area contributed by atoms with Crippen LogP contribution in [-0.4, -0.2) is 23.1 Å². The third-order valence-corrected chi connectivity index (χ3v) is 3.39. The second-order valence-electron chi connectivity index (χ2n) is 4.67. The molecule has 0 saturated heterocycles. The Morgan fingerprint density at radius 2 is 1.75 bits per heavy atom. The lowest BCUT2D eigenvalue weighted by atomic mass is 9.88. The molecule has 3 heteroatoms. The van der Waals surface area contributed by atoms with Crippen LogP contribution >= 0.6 is 0 Å². The van der Waals surface area contributed by atoms with Crippen molar-refractivity contribution in [2.45, 2.75) is 58.8 Å². The predicted molar refractivity (Wildman–Crippen MR) is 69.3 cm³/mol. The Morgan fingerprint density at radius 1 is 1.12 bits per heavy atom. The van der Waals surface area contributed by atoms with Gasteiger partial charge in [-0.1, -0.05) is 33.1 Å². The van der Waals surface area contributed by atoms with Gasteiger partial charge in [-0.15, -0.1) is 0 Å². The number of hydrogen-bond acceptors (Lipinski definition) is 2. The van der Waals surface area contributed by atoms with Gasteiger partial charge in [0.05, 0.1) is 0 Å². The number of nitrogens with zero attached hydrogens (tertiary/aromatic N) is 1. The van der Waals surface area contributed by atoms with Crippen LogP contribution in [0.5, 0.6) is 0 Å². The molecule has 1 rings (SSSR count). The first-order chi connectivity index (χ1) is 7.70. The van der Waals surface area contributed by atoms with E-state index in [1.807, 2.05) is 11.8 Å². The zero-order valence-electron chi connectivity index (χ0n) is 10.7. The van der Waals surface area contributed by atoms with Gasteiger partial charge in [0.25, 0.3) is 0 Å². The summed E-state index contributed by atoms with van der Waals surface area (Å²) in [7, 11) is 0. The fourth-order valence-corrected chi connectivity index (χ4v) is 2.41. The highest BCUT2D eigenvalue weighted by Crippen LogP contribution is 2.25. The molecule has 0 aromatic carbocycles. The van der Waals surface area contributed by atoms with E-state index < -0.39 is 0 Å². The van der Waals surface area contributed by atoms with Crippen molar-refractivity contribution in [3.63, 3.8) is 0 Å². The van der Waals surface area contributed by atoms with Crippen LogP contribution in [0, 0.1) is 16.7 Å². The van der Waals surface area contributed by atoms with Crippen molar-refractivity contribution in [3.8, 4) is 0 Å². The lowest BCUT2D eigenvalue weighted by molar-refractivity contribution is 0.405. The van der Waals surface area contributed by atoms with Crippen LogP contribution in [0.3, 0.4) is 0 Å². The summed E-state index contributed by atoms with van der Waals surface area (Å²) in [5.74, 6) is 1.72. The van der Waals surface area contributed by atoms with Crippen molar-refractivity contribution in [1.29, 1.82) is 10.8 Å². The smallest absolute Gasteiger partial charge is 0.104 e. The van der Waals surface area contributed by atoms with Gasteiger partial charge < -0.3 is 4.90 Å². The molecule has 1 aliphatic rings. The Bertz CT molecular complexity index is 242. The summed E-state index contributed by atoms with van der Waals surface area (Å²) in [6.45, 7) is 4.95. The quantitative estimate of drug-likeness (QED) is 0.555. The SMILES string of the molecule is CCCN(C(=N)CC)C(=N)C1CCCCC1. The van der Waals surface area contributed by atoms with E-state index in [9.17, 15) is 0 Å². The average molecular weight is 223 g/mol. The Balaban J connectivity index is 2.61. The third kappa shape index (κ3) is 3.32. The van der Waals surface area contributed by atoms with Gasteiger partial charge in [0, 0.05) is 18.9 Å². The molecule has 0 amide bonds. The van der Waals surface area contributed by atoms with E-state index in [2.05, 4.69) is 6.92 Å². The topological polar surface area (TPSA) is 50.9 Å². The van der Waals surface area contributed by atoms with E-state index >= 15 is 0 Å². The fraction of sp³-hybridized carbons (Fsp3) is 0.846. The molecule has 0 heterocycles. The molecule has 92 valence electrons. The number of amidine groups is 2. The predicted octanol–water partition coefficient (Wildman–Crippen LogP) is 3.64. The summed E-state index contributed by atoms with van der Waals surface area (Å²) in [4.78, 5) is 1.93. The molecule has 0 spiro atoms.